The number of benzene rings is 1. The zero-order chi connectivity index (χ0) is 13.6. The Bertz CT molecular complexity index is 472. The van der Waals surface area contributed by atoms with E-state index in [-0.39, 0.29) is 4.90 Å². The molecule has 0 aliphatic rings. The van der Waals surface area contributed by atoms with Crippen molar-refractivity contribution in [3.63, 3.8) is 0 Å². The van der Waals surface area contributed by atoms with E-state index < -0.39 is 15.8 Å². The lowest BCUT2D eigenvalue weighted by Crippen LogP contribution is -2.25. The van der Waals surface area contributed by atoms with Crippen molar-refractivity contribution >= 4 is 10.0 Å². The lowest BCUT2D eigenvalue weighted by molar-refractivity contribution is 0.527. The predicted molar refractivity (Wildman–Crippen MR) is 70.3 cm³/mol. The Hall–Kier alpha value is -0.940. The molecule has 0 atom stereocenters. The fourth-order valence-corrected chi connectivity index (χ4v) is 2.78. The number of rotatable bonds is 7. The SMILES string of the molecule is CC(C)CCCCNS(=O)(=O)c1ccccc1F. The van der Waals surface area contributed by atoms with E-state index in [0.29, 0.717) is 12.5 Å². The van der Waals surface area contributed by atoms with Crippen LogP contribution in [-0.4, -0.2) is 15.0 Å². The molecule has 1 rings (SSSR count). The molecule has 1 aromatic carbocycles. The van der Waals surface area contributed by atoms with Gasteiger partial charge in [-0.25, -0.2) is 17.5 Å². The van der Waals surface area contributed by atoms with Crippen LogP contribution in [0, 0.1) is 11.7 Å². The van der Waals surface area contributed by atoms with Crippen LogP contribution in [0.2, 0.25) is 0 Å². The first-order valence-electron chi connectivity index (χ1n) is 6.17. The average molecular weight is 273 g/mol. The summed E-state index contributed by atoms with van der Waals surface area (Å²) in [5.41, 5.74) is 0. The molecule has 102 valence electrons. The van der Waals surface area contributed by atoms with E-state index in [1.54, 1.807) is 0 Å². The van der Waals surface area contributed by atoms with Gasteiger partial charge in [-0.05, 0) is 24.5 Å². The summed E-state index contributed by atoms with van der Waals surface area (Å²) < 4.78 is 39.4. The van der Waals surface area contributed by atoms with Gasteiger partial charge in [0.2, 0.25) is 10.0 Å². The molecule has 0 amide bonds. The second-order valence-electron chi connectivity index (χ2n) is 4.72. The van der Waals surface area contributed by atoms with Gasteiger partial charge in [-0.2, -0.15) is 0 Å². The molecule has 3 nitrogen and oxygen atoms in total. The van der Waals surface area contributed by atoms with Gasteiger partial charge in [0.1, 0.15) is 10.7 Å². The summed E-state index contributed by atoms with van der Waals surface area (Å²) in [5, 5.41) is 0. The fourth-order valence-electron chi connectivity index (χ4n) is 1.62. The summed E-state index contributed by atoms with van der Waals surface area (Å²) in [6.45, 7) is 4.61. The van der Waals surface area contributed by atoms with Gasteiger partial charge in [0.05, 0.1) is 0 Å². The number of hydrogen-bond acceptors (Lipinski definition) is 2. The van der Waals surface area contributed by atoms with E-state index >= 15 is 0 Å². The highest BCUT2D eigenvalue weighted by atomic mass is 32.2. The normalized spacial score (nSPS) is 12.0. The molecule has 0 bridgehead atoms. The molecule has 0 unspecified atom stereocenters. The standard InChI is InChI=1S/C13H20FNO2S/c1-11(2)7-5-6-10-15-18(16,17)13-9-4-3-8-12(13)14/h3-4,8-9,11,15H,5-7,10H2,1-2H3. The molecular formula is C13H20FNO2S. The summed E-state index contributed by atoms with van der Waals surface area (Å²) in [6, 6.07) is 5.40. The first-order chi connectivity index (χ1) is 8.43. The highest BCUT2D eigenvalue weighted by Gasteiger charge is 2.17. The summed E-state index contributed by atoms with van der Waals surface area (Å²) in [7, 11) is -3.72. The summed E-state index contributed by atoms with van der Waals surface area (Å²) in [6.07, 6.45) is 2.81. The monoisotopic (exact) mass is 273 g/mol. The molecule has 5 heteroatoms. The first-order valence-corrected chi connectivity index (χ1v) is 7.66. The summed E-state index contributed by atoms with van der Waals surface area (Å²) in [5.74, 6) is -0.0969. The number of sulfonamides is 1. The van der Waals surface area contributed by atoms with Crippen molar-refractivity contribution in [2.24, 2.45) is 5.92 Å². The fraction of sp³-hybridized carbons (Fsp3) is 0.538. The van der Waals surface area contributed by atoms with Crippen molar-refractivity contribution in [2.45, 2.75) is 38.0 Å². The van der Waals surface area contributed by atoms with E-state index in [1.165, 1.54) is 18.2 Å². The zero-order valence-corrected chi connectivity index (χ0v) is 11.6. The molecular weight excluding hydrogens is 253 g/mol. The molecule has 0 aromatic heterocycles. The van der Waals surface area contributed by atoms with E-state index in [4.69, 9.17) is 0 Å². The van der Waals surface area contributed by atoms with Crippen LogP contribution in [0.3, 0.4) is 0 Å². The molecule has 1 aromatic rings. The van der Waals surface area contributed by atoms with Gasteiger partial charge in [-0.1, -0.05) is 38.8 Å². The van der Waals surface area contributed by atoms with Gasteiger partial charge in [-0.3, -0.25) is 0 Å². The minimum atomic E-state index is -3.72. The molecule has 0 fully saturated rings. The molecule has 0 aliphatic heterocycles. The van der Waals surface area contributed by atoms with Crippen LogP contribution in [0.15, 0.2) is 29.2 Å². The van der Waals surface area contributed by atoms with Crippen molar-refractivity contribution < 1.29 is 12.8 Å². The van der Waals surface area contributed by atoms with E-state index in [1.807, 2.05) is 0 Å². The molecule has 18 heavy (non-hydrogen) atoms. The van der Waals surface area contributed by atoms with E-state index in [2.05, 4.69) is 18.6 Å². The maximum absolute atomic E-state index is 13.3. The Morgan fingerprint density at radius 2 is 1.89 bits per heavy atom. The smallest absolute Gasteiger partial charge is 0.211 e. The van der Waals surface area contributed by atoms with Crippen LogP contribution < -0.4 is 4.72 Å². The van der Waals surface area contributed by atoms with E-state index in [0.717, 1.165) is 25.3 Å². The first kappa shape index (κ1) is 15.1. The van der Waals surface area contributed by atoms with Gasteiger partial charge >= 0.3 is 0 Å². The number of nitrogens with one attached hydrogen (secondary N) is 1. The van der Waals surface area contributed by atoms with Crippen LogP contribution in [0.5, 0.6) is 0 Å². The maximum Gasteiger partial charge on any atom is 0.243 e. The van der Waals surface area contributed by atoms with Crippen LogP contribution in [-0.2, 0) is 10.0 Å². The van der Waals surface area contributed by atoms with Crippen LogP contribution in [0.25, 0.3) is 0 Å². The van der Waals surface area contributed by atoms with Gasteiger partial charge in [0.25, 0.3) is 0 Å². The van der Waals surface area contributed by atoms with Gasteiger partial charge in [0.15, 0.2) is 0 Å². The average Bonchev–Trinajstić information content (AvgIpc) is 2.28. The Morgan fingerprint density at radius 1 is 1.22 bits per heavy atom. The second kappa shape index (κ2) is 6.85. The quantitative estimate of drug-likeness (QED) is 0.776. The Labute approximate surface area is 108 Å². The maximum atomic E-state index is 13.3. The van der Waals surface area contributed by atoms with Crippen molar-refractivity contribution in [2.75, 3.05) is 6.54 Å². The van der Waals surface area contributed by atoms with Gasteiger partial charge in [-0.15, -0.1) is 0 Å². The van der Waals surface area contributed by atoms with Gasteiger partial charge < -0.3 is 0 Å². The largest absolute Gasteiger partial charge is 0.243 e. The van der Waals surface area contributed by atoms with Gasteiger partial charge in [0, 0.05) is 6.54 Å². The Morgan fingerprint density at radius 3 is 2.50 bits per heavy atom. The predicted octanol–water partition coefficient (Wildman–Crippen LogP) is 2.93. The van der Waals surface area contributed by atoms with Crippen molar-refractivity contribution in [1.29, 1.82) is 0 Å². The summed E-state index contributed by atoms with van der Waals surface area (Å²) in [4.78, 5) is -0.283. The third-order valence-corrected chi connectivity index (χ3v) is 4.12. The Balaban J connectivity index is 2.49. The topological polar surface area (TPSA) is 46.2 Å². The van der Waals surface area contributed by atoms with Crippen LogP contribution >= 0.6 is 0 Å². The highest BCUT2D eigenvalue weighted by molar-refractivity contribution is 7.89. The van der Waals surface area contributed by atoms with Crippen LogP contribution in [0.4, 0.5) is 4.39 Å². The third-order valence-electron chi connectivity index (χ3n) is 2.63. The minimum absolute atomic E-state index is 0.283. The van der Waals surface area contributed by atoms with E-state index in [9.17, 15) is 12.8 Å². The summed E-state index contributed by atoms with van der Waals surface area (Å²) >= 11 is 0. The third kappa shape index (κ3) is 4.74. The molecule has 0 aliphatic carbocycles. The number of hydrogen-bond donors (Lipinski definition) is 1. The molecule has 0 spiro atoms. The number of halogens is 1. The molecule has 0 saturated heterocycles. The second-order valence-corrected chi connectivity index (χ2v) is 6.45. The molecule has 0 heterocycles. The molecule has 0 radical (unpaired) electrons. The molecule has 1 N–H and O–H groups in total. The Kier molecular flexibility index (Phi) is 5.75. The highest BCUT2D eigenvalue weighted by Crippen LogP contribution is 2.13. The lowest BCUT2D eigenvalue weighted by atomic mass is 10.1. The molecule has 0 saturated carbocycles. The zero-order valence-electron chi connectivity index (χ0n) is 10.8. The van der Waals surface area contributed by atoms with Crippen LogP contribution in [0.1, 0.15) is 33.1 Å². The minimum Gasteiger partial charge on any atom is -0.211 e. The van der Waals surface area contributed by atoms with Crippen molar-refractivity contribution in [3.8, 4) is 0 Å². The van der Waals surface area contributed by atoms with Crippen molar-refractivity contribution in [1.82, 2.24) is 4.72 Å². The lowest BCUT2D eigenvalue weighted by Gasteiger charge is -2.08. The number of unbranched alkanes of at least 4 members (excludes halogenated alkanes) is 1. The van der Waals surface area contributed by atoms with Crippen molar-refractivity contribution in [3.05, 3.63) is 30.1 Å².